The van der Waals surface area contributed by atoms with Gasteiger partial charge in [0.25, 0.3) is 5.91 Å². The van der Waals surface area contributed by atoms with E-state index in [1.54, 1.807) is 11.8 Å². The summed E-state index contributed by atoms with van der Waals surface area (Å²) in [5.74, 6) is 0.849. The van der Waals surface area contributed by atoms with Crippen molar-refractivity contribution in [3.63, 3.8) is 0 Å². The third-order valence-electron chi connectivity index (χ3n) is 2.27. The molecule has 2 aromatic rings. The lowest BCUT2D eigenvalue weighted by Gasteiger charge is -2.07. The highest BCUT2D eigenvalue weighted by atomic mass is 32.2. The van der Waals surface area contributed by atoms with Crippen LogP contribution in [0.4, 0.5) is 5.13 Å². The molecule has 5 heteroatoms. The van der Waals surface area contributed by atoms with Crippen LogP contribution in [0.2, 0.25) is 0 Å². The lowest BCUT2D eigenvalue weighted by molar-refractivity contribution is 0.102. The van der Waals surface area contributed by atoms with Gasteiger partial charge in [-0.2, -0.15) is 0 Å². The minimum absolute atomic E-state index is 0.0964. The second-order valence-corrected chi connectivity index (χ2v) is 5.84. The van der Waals surface area contributed by atoms with Gasteiger partial charge in [-0.1, -0.05) is 19.1 Å². The number of thioether (sulfide) groups is 1. The first kappa shape index (κ1) is 13.1. The molecule has 0 aliphatic rings. The zero-order chi connectivity index (χ0) is 13.0. The van der Waals surface area contributed by atoms with Crippen molar-refractivity contribution < 1.29 is 4.79 Å². The summed E-state index contributed by atoms with van der Waals surface area (Å²) in [6.45, 7) is 3.98. The Labute approximate surface area is 115 Å². The summed E-state index contributed by atoms with van der Waals surface area (Å²) in [4.78, 5) is 17.4. The van der Waals surface area contributed by atoms with E-state index >= 15 is 0 Å². The van der Waals surface area contributed by atoms with Crippen LogP contribution in [-0.2, 0) is 0 Å². The molecule has 2 rings (SSSR count). The van der Waals surface area contributed by atoms with Crippen LogP contribution in [0.3, 0.4) is 0 Å². The molecule has 1 amide bonds. The van der Waals surface area contributed by atoms with Crippen LogP contribution in [0.1, 0.15) is 23.0 Å². The molecule has 1 aromatic carbocycles. The van der Waals surface area contributed by atoms with Crippen molar-refractivity contribution in [3.05, 3.63) is 40.9 Å². The van der Waals surface area contributed by atoms with E-state index < -0.39 is 0 Å². The molecule has 0 radical (unpaired) electrons. The number of aromatic nitrogens is 1. The first-order valence-corrected chi connectivity index (χ1v) is 7.52. The van der Waals surface area contributed by atoms with E-state index in [0.29, 0.717) is 10.7 Å². The van der Waals surface area contributed by atoms with E-state index in [2.05, 4.69) is 17.2 Å². The molecule has 0 aliphatic heterocycles. The number of rotatable bonds is 4. The van der Waals surface area contributed by atoms with Crippen LogP contribution >= 0.6 is 23.1 Å². The van der Waals surface area contributed by atoms with E-state index in [0.717, 1.165) is 16.3 Å². The number of nitrogens with one attached hydrogen (secondary N) is 1. The van der Waals surface area contributed by atoms with Gasteiger partial charge in [0.1, 0.15) is 0 Å². The third-order valence-corrected chi connectivity index (χ3v) is 4.10. The van der Waals surface area contributed by atoms with Crippen LogP contribution in [0.25, 0.3) is 0 Å². The molecule has 0 atom stereocenters. The number of hydrogen-bond acceptors (Lipinski definition) is 4. The summed E-state index contributed by atoms with van der Waals surface area (Å²) in [5.41, 5.74) is 1.63. The molecule has 0 unspecified atom stereocenters. The molecule has 1 heterocycles. The van der Waals surface area contributed by atoms with Gasteiger partial charge < -0.3 is 0 Å². The lowest BCUT2D eigenvalue weighted by atomic mass is 10.2. The minimum atomic E-state index is -0.0964. The van der Waals surface area contributed by atoms with E-state index in [4.69, 9.17) is 0 Å². The summed E-state index contributed by atoms with van der Waals surface area (Å²) < 4.78 is 0. The molecular formula is C13H14N2OS2. The third kappa shape index (κ3) is 3.11. The monoisotopic (exact) mass is 278 g/mol. The van der Waals surface area contributed by atoms with Crippen LogP contribution in [-0.4, -0.2) is 16.6 Å². The van der Waals surface area contributed by atoms with E-state index in [1.165, 1.54) is 11.3 Å². The van der Waals surface area contributed by atoms with E-state index in [1.807, 2.05) is 36.6 Å². The number of aryl methyl sites for hydroxylation is 1. The normalized spacial score (nSPS) is 10.3. The molecule has 0 fully saturated rings. The van der Waals surface area contributed by atoms with Crippen molar-refractivity contribution in [3.8, 4) is 0 Å². The van der Waals surface area contributed by atoms with Crippen molar-refractivity contribution in [2.24, 2.45) is 0 Å². The Morgan fingerprint density at radius 3 is 2.89 bits per heavy atom. The molecule has 1 N–H and O–H groups in total. The number of carbonyl (C=O) groups excluding carboxylic acids is 1. The highest BCUT2D eigenvalue weighted by molar-refractivity contribution is 7.99. The molecule has 1 aromatic heterocycles. The molecule has 0 saturated carbocycles. The number of anilines is 1. The topological polar surface area (TPSA) is 42.0 Å². The van der Waals surface area contributed by atoms with Crippen LogP contribution < -0.4 is 5.32 Å². The number of carbonyl (C=O) groups is 1. The standard InChI is InChI=1S/C13H14N2OS2/c1-3-17-11-7-5-4-6-10(11)12(16)15-13-14-9(2)8-18-13/h4-8H,3H2,1-2H3,(H,14,15,16). The molecule has 0 bridgehead atoms. The largest absolute Gasteiger partial charge is 0.298 e. The molecule has 0 aliphatic carbocycles. The predicted molar refractivity (Wildman–Crippen MR) is 77.6 cm³/mol. The molecular weight excluding hydrogens is 264 g/mol. The second-order valence-electron chi connectivity index (χ2n) is 3.68. The van der Waals surface area contributed by atoms with Crippen molar-refractivity contribution in [2.45, 2.75) is 18.7 Å². The fourth-order valence-electron chi connectivity index (χ4n) is 1.51. The smallest absolute Gasteiger partial charge is 0.258 e. The quantitative estimate of drug-likeness (QED) is 0.865. The lowest BCUT2D eigenvalue weighted by Crippen LogP contribution is -2.12. The maximum atomic E-state index is 12.2. The SMILES string of the molecule is CCSc1ccccc1C(=O)Nc1nc(C)cs1. The molecule has 18 heavy (non-hydrogen) atoms. The van der Waals surface area contributed by atoms with Crippen LogP contribution in [0, 0.1) is 6.92 Å². The van der Waals surface area contributed by atoms with Gasteiger partial charge in [0.05, 0.1) is 11.3 Å². The van der Waals surface area contributed by atoms with Crippen LogP contribution in [0.5, 0.6) is 0 Å². The number of thiazole rings is 1. The summed E-state index contributed by atoms with van der Waals surface area (Å²) >= 11 is 3.11. The van der Waals surface area contributed by atoms with Gasteiger partial charge in [-0.05, 0) is 24.8 Å². The first-order chi connectivity index (χ1) is 8.70. The fraction of sp³-hybridized carbons (Fsp3) is 0.231. The zero-order valence-electron chi connectivity index (χ0n) is 10.3. The first-order valence-electron chi connectivity index (χ1n) is 5.66. The Morgan fingerprint density at radius 1 is 1.44 bits per heavy atom. The molecule has 94 valence electrons. The molecule has 3 nitrogen and oxygen atoms in total. The van der Waals surface area contributed by atoms with E-state index in [9.17, 15) is 4.79 Å². The van der Waals surface area contributed by atoms with Gasteiger partial charge in [-0.15, -0.1) is 23.1 Å². The summed E-state index contributed by atoms with van der Waals surface area (Å²) in [6.07, 6.45) is 0. The zero-order valence-corrected chi connectivity index (χ0v) is 11.9. The highest BCUT2D eigenvalue weighted by Crippen LogP contribution is 2.23. The minimum Gasteiger partial charge on any atom is -0.298 e. The second kappa shape index (κ2) is 6.02. The van der Waals surface area contributed by atoms with Crippen molar-refractivity contribution >= 4 is 34.1 Å². The summed E-state index contributed by atoms with van der Waals surface area (Å²) in [7, 11) is 0. The number of amides is 1. The fourth-order valence-corrected chi connectivity index (χ4v) is 3.00. The Hall–Kier alpha value is -1.33. The number of nitrogens with zero attached hydrogens (tertiary/aromatic N) is 1. The van der Waals surface area contributed by atoms with Gasteiger partial charge >= 0.3 is 0 Å². The van der Waals surface area contributed by atoms with Crippen molar-refractivity contribution in [2.75, 3.05) is 11.1 Å². The Morgan fingerprint density at radius 2 is 2.22 bits per heavy atom. The summed E-state index contributed by atoms with van der Waals surface area (Å²) in [6, 6.07) is 7.63. The average molecular weight is 278 g/mol. The number of hydrogen-bond donors (Lipinski definition) is 1. The maximum absolute atomic E-state index is 12.2. The van der Waals surface area contributed by atoms with Gasteiger partial charge in [0, 0.05) is 10.3 Å². The number of benzene rings is 1. The van der Waals surface area contributed by atoms with Gasteiger partial charge in [-0.25, -0.2) is 4.98 Å². The predicted octanol–water partition coefficient (Wildman–Crippen LogP) is 3.82. The Kier molecular flexibility index (Phi) is 4.38. The Balaban J connectivity index is 2.18. The maximum Gasteiger partial charge on any atom is 0.258 e. The van der Waals surface area contributed by atoms with Gasteiger partial charge in [0.15, 0.2) is 5.13 Å². The Bertz CT molecular complexity index is 551. The highest BCUT2D eigenvalue weighted by Gasteiger charge is 2.12. The molecule has 0 spiro atoms. The average Bonchev–Trinajstić information content (AvgIpc) is 2.76. The van der Waals surface area contributed by atoms with Crippen molar-refractivity contribution in [1.29, 1.82) is 0 Å². The van der Waals surface area contributed by atoms with E-state index in [-0.39, 0.29) is 5.91 Å². The van der Waals surface area contributed by atoms with Crippen LogP contribution in [0.15, 0.2) is 34.5 Å². The van der Waals surface area contributed by atoms with Crippen molar-refractivity contribution in [1.82, 2.24) is 4.98 Å². The van der Waals surface area contributed by atoms with Gasteiger partial charge in [-0.3, -0.25) is 10.1 Å². The molecule has 0 saturated heterocycles. The summed E-state index contributed by atoms with van der Waals surface area (Å²) in [5, 5.41) is 5.40. The van der Waals surface area contributed by atoms with Gasteiger partial charge in [0.2, 0.25) is 0 Å².